The van der Waals surface area contributed by atoms with E-state index >= 15 is 0 Å². The largest absolute Gasteiger partial charge is 0.330 e. The van der Waals surface area contributed by atoms with Crippen molar-refractivity contribution in [2.24, 2.45) is 0 Å². The van der Waals surface area contributed by atoms with Gasteiger partial charge in [-0.2, -0.15) is 0 Å². The lowest BCUT2D eigenvalue weighted by Crippen LogP contribution is -2.46. The molecule has 1 aliphatic rings. The van der Waals surface area contributed by atoms with Crippen LogP contribution < -0.4 is 0 Å². The molecule has 0 N–H and O–H groups in total. The first kappa shape index (κ1) is 21.3. The summed E-state index contributed by atoms with van der Waals surface area (Å²) in [4.78, 5) is 30.9. The van der Waals surface area contributed by atoms with E-state index in [2.05, 4.69) is 37.1 Å². The number of hydrogen-bond donors (Lipinski definition) is 0. The molecule has 29 heavy (non-hydrogen) atoms. The van der Waals surface area contributed by atoms with Crippen LogP contribution in [0.15, 0.2) is 54.4 Å². The van der Waals surface area contributed by atoms with E-state index in [4.69, 9.17) is 0 Å². The Morgan fingerprint density at radius 2 is 2.03 bits per heavy atom. The third-order valence-electron chi connectivity index (χ3n) is 5.42. The van der Waals surface area contributed by atoms with Crippen molar-refractivity contribution < 1.29 is 9.59 Å². The highest BCUT2D eigenvalue weighted by Crippen LogP contribution is 2.37. The number of thiophene rings is 1. The van der Waals surface area contributed by atoms with Crippen LogP contribution in [0.4, 0.5) is 0 Å². The minimum Gasteiger partial charge on any atom is -0.330 e. The van der Waals surface area contributed by atoms with Crippen LogP contribution in [-0.2, 0) is 16.0 Å². The summed E-state index contributed by atoms with van der Waals surface area (Å²) in [7, 11) is 0. The summed E-state index contributed by atoms with van der Waals surface area (Å²) in [6, 6.07) is 12.2. The molecular formula is C24H30N2O2S. The van der Waals surface area contributed by atoms with Crippen LogP contribution in [0.3, 0.4) is 0 Å². The number of carbonyl (C=O) groups excluding carboxylic acids is 2. The lowest BCUT2D eigenvalue weighted by Gasteiger charge is -2.37. The summed E-state index contributed by atoms with van der Waals surface area (Å²) in [5, 5.41) is 2.11. The van der Waals surface area contributed by atoms with E-state index in [-0.39, 0.29) is 24.4 Å². The van der Waals surface area contributed by atoms with Crippen molar-refractivity contribution in [1.29, 1.82) is 0 Å². The van der Waals surface area contributed by atoms with Gasteiger partial charge in [-0.05, 0) is 35.4 Å². The van der Waals surface area contributed by atoms with Crippen LogP contribution in [0, 0.1) is 0 Å². The van der Waals surface area contributed by atoms with Crippen molar-refractivity contribution in [3.63, 3.8) is 0 Å². The minimum absolute atomic E-state index is 0.00129. The molecule has 2 heterocycles. The fraction of sp³-hybridized carbons (Fsp3) is 0.417. The Hall–Kier alpha value is -2.40. The molecule has 5 heteroatoms. The second-order valence-corrected chi connectivity index (χ2v) is 8.47. The fourth-order valence-electron chi connectivity index (χ4n) is 3.93. The maximum Gasteiger partial charge on any atom is 0.243 e. The number of carbonyl (C=O) groups is 2. The van der Waals surface area contributed by atoms with Gasteiger partial charge in [-0.1, -0.05) is 56.2 Å². The second-order valence-electron chi connectivity index (χ2n) is 7.47. The first-order chi connectivity index (χ1) is 14.2. The lowest BCUT2D eigenvalue weighted by molar-refractivity contribution is -0.141. The number of fused-ring (bicyclic) bond motifs is 1. The monoisotopic (exact) mass is 410 g/mol. The molecule has 0 spiro atoms. The number of nitrogens with zero attached hydrogens (tertiary/aromatic N) is 2. The molecule has 1 aromatic carbocycles. The zero-order valence-electron chi connectivity index (χ0n) is 17.2. The van der Waals surface area contributed by atoms with Crippen molar-refractivity contribution in [2.75, 3.05) is 19.6 Å². The summed E-state index contributed by atoms with van der Waals surface area (Å²) in [5.41, 5.74) is 2.33. The standard InChI is InChI=1S/C24H30N2O2S/c1-3-5-7-12-22(27)25(15-4-2)18-23(28)26-16-13-21-20(14-17-29-21)24(26)19-10-8-6-9-11-19/h4,6,8-11,14,17,24H,2-3,5,7,12-13,15-16,18H2,1H3/t24-/m0/s1. The highest BCUT2D eigenvalue weighted by atomic mass is 32.1. The highest BCUT2D eigenvalue weighted by molar-refractivity contribution is 7.10. The normalized spacial score (nSPS) is 15.6. The van der Waals surface area contributed by atoms with E-state index < -0.39 is 0 Å². The molecule has 2 amide bonds. The average molecular weight is 411 g/mol. The van der Waals surface area contributed by atoms with Crippen LogP contribution in [0.5, 0.6) is 0 Å². The third-order valence-corrected chi connectivity index (χ3v) is 6.42. The molecule has 154 valence electrons. The molecule has 2 aromatic rings. The molecule has 0 fully saturated rings. The molecule has 1 atom stereocenters. The van der Waals surface area contributed by atoms with Gasteiger partial charge >= 0.3 is 0 Å². The fourth-order valence-corrected chi connectivity index (χ4v) is 4.83. The van der Waals surface area contributed by atoms with Crippen molar-refractivity contribution in [1.82, 2.24) is 9.80 Å². The molecule has 0 saturated heterocycles. The lowest BCUT2D eigenvalue weighted by atomic mass is 9.93. The van der Waals surface area contributed by atoms with Gasteiger partial charge in [-0.15, -0.1) is 17.9 Å². The van der Waals surface area contributed by atoms with Crippen molar-refractivity contribution >= 4 is 23.2 Å². The average Bonchev–Trinajstić information content (AvgIpc) is 3.22. The molecule has 0 aliphatic carbocycles. The molecule has 1 aliphatic heterocycles. The minimum atomic E-state index is -0.0838. The quantitative estimate of drug-likeness (QED) is 0.439. The number of amides is 2. The van der Waals surface area contributed by atoms with E-state index in [1.807, 2.05) is 23.1 Å². The van der Waals surface area contributed by atoms with Gasteiger partial charge in [-0.25, -0.2) is 0 Å². The molecule has 0 radical (unpaired) electrons. The van der Waals surface area contributed by atoms with Crippen molar-refractivity contribution in [3.8, 4) is 0 Å². The highest BCUT2D eigenvalue weighted by Gasteiger charge is 2.33. The Kier molecular flexibility index (Phi) is 7.64. The Morgan fingerprint density at radius 3 is 2.76 bits per heavy atom. The Morgan fingerprint density at radius 1 is 1.24 bits per heavy atom. The van der Waals surface area contributed by atoms with Gasteiger partial charge in [0.25, 0.3) is 0 Å². The van der Waals surface area contributed by atoms with Crippen molar-refractivity contribution in [2.45, 2.75) is 45.1 Å². The topological polar surface area (TPSA) is 40.6 Å². The summed E-state index contributed by atoms with van der Waals surface area (Å²) in [6.45, 7) is 7.08. The molecule has 3 rings (SSSR count). The van der Waals surface area contributed by atoms with E-state index in [1.54, 1.807) is 22.3 Å². The first-order valence-electron chi connectivity index (χ1n) is 10.4. The summed E-state index contributed by atoms with van der Waals surface area (Å²) >= 11 is 1.76. The second kappa shape index (κ2) is 10.4. The Labute approximate surface area is 177 Å². The molecule has 0 unspecified atom stereocenters. The maximum atomic E-state index is 13.3. The van der Waals surface area contributed by atoms with Gasteiger partial charge in [0.15, 0.2) is 0 Å². The van der Waals surface area contributed by atoms with Crippen LogP contribution in [0.1, 0.15) is 54.7 Å². The number of unbranched alkanes of at least 4 members (excludes halogenated alkanes) is 2. The van der Waals surface area contributed by atoms with Crippen LogP contribution in [0.25, 0.3) is 0 Å². The van der Waals surface area contributed by atoms with Gasteiger partial charge in [-0.3, -0.25) is 9.59 Å². The van der Waals surface area contributed by atoms with Gasteiger partial charge in [0.1, 0.15) is 6.54 Å². The van der Waals surface area contributed by atoms with E-state index in [0.717, 1.165) is 31.2 Å². The summed E-state index contributed by atoms with van der Waals surface area (Å²) in [6.07, 6.45) is 6.03. The Balaban J connectivity index is 1.79. The van der Waals surface area contributed by atoms with Crippen LogP contribution >= 0.6 is 11.3 Å². The van der Waals surface area contributed by atoms with E-state index in [1.165, 1.54) is 10.4 Å². The maximum absolute atomic E-state index is 13.3. The van der Waals surface area contributed by atoms with Gasteiger partial charge in [0.2, 0.25) is 11.8 Å². The van der Waals surface area contributed by atoms with Gasteiger partial charge < -0.3 is 9.80 Å². The smallest absolute Gasteiger partial charge is 0.243 e. The molecule has 1 aromatic heterocycles. The first-order valence-corrected chi connectivity index (χ1v) is 11.3. The van der Waals surface area contributed by atoms with Crippen LogP contribution in [0.2, 0.25) is 0 Å². The number of hydrogen-bond acceptors (Lipinski definition) is 3. The zero-order valence-corrected chi connectivity index (χ0v) is 18.0. The molecule has 4 nitrogen and oxygen atoms in total. The van der Waals surface area contributed by atoms with Gasteiger partial charge in [0, 0.05) is 24.4 Å². The molecule has 0 saturated carbocycles. The van der Waals surface area contributed by atoms with Gasteiger partial charge in [0.05, 0.1) is 6.04 Å². The van der Waals surface area contributed by atoms with E-state index in [9.17, 15) is 9.59 Å². The van der Waals surface area contributed by atoms with Crippen LogP contribution in [-0.4, -0.2) is 41.2 Å². The SMILES string of the molecule is C=CCN(CC(=O)N1CCc2sccc2[C@@H]1c1ccccc1)C(=O)CCCCC. The number of rotatable bonds is 9. The predicted octanol–water partition coefficient (Wildman–Crippen LogP) is 4.82. The Bertz CT molecular complexity index is 830. The summed E-state index contributed by atoms with van der Waals surface area (Å²) < 4.78 is 0. The third kappa shape index (κ3) is 5.15. The summed E-state index contributed by atoms with van der Waals surface area (Å²) in [5.74, 6) is 0.0394. The van der Waals surface area contributed by atoms with E-state index in [0.29, 0.717) is 19.5 Å². The molecule has 0 bridgehead atoms. The number of benzene rings is 1. The van der Waals surface area contributed by atoms with Crippen molar-refractivity contribution in [3.05, 3.63) is 70.4 Å². The molecular weight excluding hydrogens is 380 g/mol. The zero-order chi connectivity index (χ0) is 20.6. The predicted molar refractivity (Wildman–Crippen MR) is 119 cm³/mol.